The summed E-state index contributed by atoms with van der Waals surface area (Å²) < 4.78 is 10.7. The molecule has 0 fully saturated rings. The average molecular weight is 308 g/mol. The molecule has 0 unspecified atom stereocenters. The molecule has 0 saturated heterocycles. The minimum Gasteiger partial charge on any atom is -0.494 e. The third-order valence-corrected chi connectivity index (χ3v) is 3.41. The van der Waals surface area contributed by atoms with E-state index >= 15 is 0 Å². The van der Waals surface area contributed by atoms with E-state index in [2.05, 4.69) is 5.32 Å². The molecule has 1 aromatic carbocycles. The molecule has 0 aliphatic carbocycles. The molecule has 5 heteroatoms. The van der Waals surface area contributed by atoms with Crippen LogP contribution in [0.3, 0.4) is 0 Å². The third kappa shape index (κ3) is 5.16. The monoisotopic (exact) mass is 307 g/mol. The van der Waals surface area contributed by atoms with Crippen LogP contribution in [0.5, 0.6) is 5.75 Å². The van der Waals surface area contributed by atoms with Gasteiger partial charge in [-0.3, -0.25) is 4.79 Å². The number of hydrogen-bond acceptors (Lipinski definition) is 3. The van der Waals surface area contributed by atoms with Crippen molar-refractivity contribution in [1.82, 2.24) is 5.32 Å². The van der Waals surface area contributed by atoms with Crippen molar-refractivity contribution in [3.63, 3.8) is 0 Å². The molecule has 2 rings (SSSR count). The molecular formula is C16H18ClNO3. The van der Waals surface area contributed by atoms with E-state index in [9.17, 15) is 4.79 Å². The van der Waals surface area contributed by atoms with E-state index in [1.54, 1.807) is 12.3 Å². The Labute approximate surface area is 129 Å². The van der Waals surface area contributed by atoms with Crippen LogP contribution in [0.25, 0.3) is 0 Å². The fourth-order valence-corrected chi connectivity index (χ4v) is 1.93. The Hall–Kier alpha value is -1.94. The maximum Gasteiger partial charge on any atom is 0.220 e. The summed E-state index contributed by atoms with van der Waals surface area (Å²) in [5.41, 5.74) is 0.977. The minimum atomic E-state index is -0.0118. The first-order chi connectivity index (χ1) is 10.1. The first-order valence-corrected chi connectivity index (χ1v) is 7.21. The highest BCUT2D eigenvalue weighted by Gasteiger charge is 2.03. The molecule has 0 atom stereocenters. The normalized spacial score (nSPS) is 10.4. The van der Waals surface area contributed by atoms with Gasteiger partial charge in [-0.05, 0) is 49.2 Å². The Bertz CT molecular complexity index is 581. The predicted molar refractivity (Wildman–Crippen MR) is 81.5 cm³/mol. The molecule has 21 heavy (non-hydrogen) atoms. The topological polar surface area (TPSA) is 51.5 Å². The molecule has 0 aliphatic rings. The van der Waals surface area contributed by atoms with Gasteiger partial charge in [0, 0.05) is 11.4 Å². The SMILES string of the molecule is Cc1cc(OCCCC(=O)NCc2ccco2)ccc1Cl. The maximum absolute atomic E-state index is 11.6. The molecule has 0 saturated carbocycles. The van der Waals surface area contributed by atoms with E-state index in [4.69, 9.17) is 20.8 Å². The Morgan fingerprint density at radius 2 is 2.24 bits per heavy atom. The van der Waals surface area contributed by atoms with Crippen molar-refractivity contribution in [2.45, 2.75) is 26.3 Å². The summed E-state index contributed by atoms with van der Waals surface area (Å²) in [7, 11) is 0. The quantitative estimate of drug-likeness (QED) is 0.793. The molecule has 1 aromatic heterocycles. The number of nitrogens with one attached hydrogen (secondary N) is 1. The van der Waals surface area contributed by atoms with Gasteiger partial charge in [-0.15, -0.1) is 0 Å². The first-order valence-electron chi connectivity index (χ1n) is 6.83. The van der Waals surface area contributed by atoms with Crippen LogP contribution in [0.1, 0.15) is 24.2 Å². The molecule has 1 amide bonds. The van der Waals surface area contributed by atoms with Crippen LogP contribution >= 0.6 is 11.6 Å². The highest BCUT2D eigenvalue weighted by molar-refractivity contribution is 6.31. The van der Waals surface area contributed by atoms with Gasteiger partial charge in [0.25, 0.3) is 0 Å². The largest absolute Gasteiger partial charge is 0.494 e. The van der Waals surface area contributed by atoms with Crippen molar-refractivity contribution >= 4 is 17.5 Å². The molecule has 0 bridgehead atoms. The number of benzene rings is 1. The molecule has 1 heterocycles. The molecule has 2 aromatic rings. The molecule has 0 aliphatic heterocycles. The lowest BCUT2D eigenvalue weighted by Crippen LogP contribution is -2.22. The Morgan fingerprint density at radius 1 is 1.38 bits per heavy atom. The van der Waals surface area contributed by atoms with Gasteiger partial charge in [-0.1, -0.05) is 11.6 Å². The standard InChI is InChI=1S/C16H18ClNO3/c1-12-10-13(6-7-15(12)17)20-9-3-5-16(19)18-11-14-4-2-8-21-14/h2,4,6-8,10H,3,5,9,11H2,1H3,(H,18,19). The van der Waals surface area contributed by atoms with Crippen molar-refractivity contribution < 1.29 is 13.9 Å². The number of rotatable bonds is 7. The van der Waals surface area contributed by atoms with E-state index < -0.39 is 0 Å². The second kappa shape index (κ2) is 7.74. The van der Waals surface area contributed by atoms with Crippen LogP contribution in [0.2, 0.25) is 5.02 Å². The van der Waals surface area contributed by atoms with Crippen LogP contribution < -0.4 is 10.1 Å². The Balaban J connectivity index is 1.62. The second-order valence-corrected chi connectivity index (χ2v) is 5.13. The maximum atomic E-state index is 11.6. The van der Waals surface area contributed by atoms with E-state index in [1.807, 2.05) is 31.2 Å². The van der Waals surface area contributed by atoms with Crippen LogP contribution in [-0.2, 0) is 11.3 Å². The summed E-state index contributed by atoms with van der Waals surface area (Å²) in [4.78, 5) is 11.6. The number of carbonyl (C=O) groups excluding carboxylic acids is 1. The van der Waals surface area contributed by atoms with Crippen molar-refractivity contribution in [3.05, 3.63) is 52.9 Å². The van der Waals surface area contributed by atoms with Crippen molar-refractivity contribution in [3.8, 4) is 5.75 Å². The lowest BCUT2D eigenvalue weighted by Gasteiger charge is -2.08. The van der Waals surface area contributed by atoms with Crippen LogP contribution in [0.4, 0.5) is 0 Å². The van der Waals surface area contributed by atoms with Gasteiger partial charge in [-0.2, -0.15) is 0 Å². The molecule has 0 radical (unpaired) electrons. The zero-order valence-electron chi connectivity index (χ0n) is 11.9. The number of amides is 1. The van der Waals surface area contributed by atoms with Crippen molar-refractivity contribution in [1.29, 1.82) is 0 Å². The summed E-state index contributed by atoms with van der Waals surface area (Å²) in [6.45, 7) is 2.84. The summed E-state index contributed by atoms with van der Waals surface area (Å²) in [5, 5.41) is 3.52. The average Bonchev–Trinajstić information content (AvgIpc) is 2.98. The zero-order valence-corrected chi connectivity index (χ0v) is 12.7. The Kier molecular flexibility index (Phi) is 5.69. The van der Waals surface area contributed by atoms with Gasteiger partial charge >= 0.3 is 0 Å². The highest BCUT2D eigenvalue weighted by Crippen LogP contribution is 2.21. The zero-order chi connectivity index (χ0) is 15.1. The van der Waals surface area contributed by atoms with Crippen LogP contribution in [0, 0.1) is 6.92 Å². The van der Waals surface area contributed by atoms with E-state index in [0.29, 0.717) is 26.0 Å². The third-order valence-electron chi connectivity index (χ3n) is 2.99. The first kappa shape index (κ1) is 15.4. The van der Waals surface area contributed by atoms with Gasteiger partial charge in [0.05, 0.1) is 19.4 Å². The van der Waals surface area contributed by atoms with Gasteiger partial charge in [0.1, 0.15) is 11.5 Å². The fraction of sp³-hybridized carbons (Fsp3) is 0.312. The van der Waals surface area contributed by atoms with E-state index in [-0.39, 0.29) is 5.91 Å². The minimum absolute atomic E-state index is 0.0118. The number of ether oxygens (including phenoxy) is 1. The number of furan rings is 1. The fourth-order valence-electron chi connectivity index (χ4n) is 1.82. The smallest absolute Gasteiger partial charge is 0.220 e. The summed E-state index contributed by atoms with van der Waals surface area (Å²) in [6.07, 6.45) is 2.67. The van der Waals surface area contributed by atoms with Gasteiger partial charge in [0.2, 0.25) is 5.91 Å². The lowest BCUT2D eigenvalue weighted by molar-refractivity contribution is -0.121. The van der Waals surface area contributed by atoms with E-state index in [0.717, 1.165) is 22.1 Å². The molecule has 112 valence electrons. The number of halogens is 1. The second-order valence-electron chi connectivity index (χ2n) is 4.72. The highest BCUT2D eigenvalue weighted by atomic mass is 35.5. The molecular weight excluding hydrogens is 290 g/mol. The van der Waals surface area contributed by atoms with Gasteiger partial charge in [0.15, 0.2) is 0 Å². The van der Waals surface area contributed by atoms with Gasteiger partial charge in [-0.25, -0.2) is 0 Å². The molecule has 1 N–H and O–H groups in total. The lowest BCUT2D eigenvalue weighted by atomic mass is 10.2. The van der Waals surface area contributed by atoms with Gasteiger partial charge < -0.3 is 14.5 Å². The van der Waals surface area contributed by atoms with Crippen LogP contribution in [-0.4, -0.2) is 12.5 Å². The van der Waals surface area contributed by atoms with Crippen LogP contribution in [0.15, 0.2) is 41.0 Å². The Morgan fingerprint density at radius 3 is 2.95 bits per heavy atom. The summed E-state index contributed by atoms with van der Waals surface area (Å²) >= 11 is 5.94. The predicted octanol–water partition coefficient (Wildman–Crippen LogP) is 3.72. The van der Waals surface area contributed by atoms with Crippen molar-refractivity contribution in [2.75, 3.05) is 6.61 Å². The molecule has 4 nitrogen and oxygen atoms in total. The molecule has 0 spiro atoms. The van der Waals surface area contributed by atoms with E-state index in [1.165, 1.54) is 0 Å². The summed E-state index contributed by atoms with van der Waals surface area (Å²) in [6, 6.07) is 9.14. The number of aryl methyl sites for hydroxylation is 1. The number of hydrogen-bond donors (Lipinski definition) is 1. The van der Waals surface area contributed by atoms with Crippen molar-refractivity contribution in [2.24, 2.45) is 0 Å². The number of carbonyl (C=O) groups is 1. The summed E-state index contributed by atoms with van der Waals surface area (Å²) in [5.74, 6) is 1.51.